The zero-order valence-electron chi connectivity index (χ0n) is 11.6. The van der Waals surface area contributed by atoms with Gasteiger partial charge in [-0.2, -0.15) is 0 Å². The number of nitrogens with zero attached hydrogens (tertiary/aromatic N) is 2. The number of hydrogen-bond acceptors (Lipinski definition) is 3. The van der Waals surface area contributed by atoms with Crippen molar-refractivity contribution < 1.29 is 0 Å². The Labute approximate surface area is 110 Å². The molecule has 2 rings (SSSR count). The number of nitrogens with two attached hydrogens (primary N) is 1. The van der Waals surface area contributed by atoms with E-state index in [1.807, 2.05) is 13.1 Å². The van der Waals surface area contributed by atoms with Gasteiger partial charge in [-0.05, 0) is 37.3 Å². The predicted octanol–water partition coefficient (Wildman–Crippen LogP) is 3.12. The summed E-state index contributed by atoms with van der Waals surface area (Å²) in [6, 6.07) is 4.24. The lowest BCUT2D eigenvalue weighted by Crippen LogP contribution is -2.27. The predicted molar refractivity (Wildman–Crippen MR) is 76.7 cm³/mol. The van der Waals surface area contributed by atoms with Crippen LogP contribution in [0.4, 0.5) is 5.82 Å². The van der Waals surface area contributed by atoms with E-state index >= 15 is 0 Å². The molecule has 0 radical (unpaired) electrons. The minimum Gasteiger partial charge on any atom is -0.359 e. The molecule has 1 unspecified atom stereocenters. The first kappa shape index (κ1) is 13.3. The molecule has 1 atom stereocenters. The summed E-state index contributed by atoms with van der Waals surface area (Å²) in [7, 11) is 2.14. The summed E-state index contributed by atoms with van der Waals surface area (Å²) in [5.74, 6) is 1.91. The Bertz CT molecular complexity index is 353. The average Bonchev–Trinajstić information content (AvgIpc) is 2.40. The molecule has 1 aromatic heterocycles. The first-order valence-electron chi connectivity index (χ1n) is 7.09. The van der Waals surface area contributed by atoms with Crippen molar-refractivity contribution in [3.63, 3.8) is 0 Å². The lowest BCUT2D eigenvalue weighted by Gasteiger charge is -2.27. The smallest absolute Gasteiger partial charge is 0.128 e. The fourth-order valence-electron chi connectivity index (χ4n) is 2.74. The van der Waals surface area contributed by atoms with Crippen LogP contribution in [0.5, 0.6) is 0 Å². The maximum absolute atomic E-state index is 5.84. The summed E-state index contributed by atoms with van der Waals surface area (Å²) < 4.78 is 0. The summed E-state index contributed by atoms with van der Waals surface area (Å²) in [4.78, 5) is 6.79. The van der Waals surface area contributed by atoms with Crippen LogP contribution in [0.2, 0.25) is 0 Å². The van der Waals surface area contributed by atoms with Crippen LogP contribution < -0.4 is 10.6 Å². The van der Waals surface area contributed by atoms with E-state index in [9.17, 15) is 0 Å². The van der Waals surface area contributed by atoms with Gasteiger partial charge in [0.05, 0.1) is 0 Å². The Morgan fingerprint density at radius 2 is 2.06 bits per heavy atom. The molecule has 1 aliphatic carbocycles. The Kier molecular flexibility index (Phi) is 4.59. The van der Waals surface area contributed by atoms with Crippen LogP contribution in [-0.4, -0.2) is 18.6 Å². The minimum absolute atomic E-state index is 0.0650. The van der Waals surface area contributed by atoms with Gasteiger partial charge in [-0.25, -0.2) is 4.98 Å². The second-order valence-electron chi connectivity index (χ2n) is 5.62. The Morgan fingerprint density at radius 1 is 1.33 bits per heavy atom. The van der Waals surface area contributed by atoms with Crippen molar-refractivity contribution in [1.82, 2.24) is 4.98 Å². The topological polar surface area (TPSA) is 42.1 Å². The van der Waals surface area contributed by atoms with Gasteiger partial charge >= 0.3 is 0 Å². The number of rotatable bonds is 4. The van der Waals surface area contributed by atoms with Crippen molar-refractivity contribution in [2.24, 2.45) is 11.7 Å². The fraction of sp³-hybridized carbons (Fsp3) is 0.667. The molecule has 0 saturated heterocycles. The quantitative estimate of drug-likeness (QED) is 0.889. The summed E-state index contributed by atoms with van der Waals surface area (Å²) >= 11 is 0. The number of aromatic nitrogens is 1. The van der Waals surface area contributed by atoms with Crippen LogP contribution in [0, 0.1) is 5.92 Å². The second-order valence-corrected chi connectivity index (χ2v) is 5.62. The van der Waals surface area contributed by atoms with Crippen LogP contribution in [0.15, 0.2) is 18.3 Å². The summed E-state index contributed by atoms with van der Waals surface area (Å²) in [6.45, 7) is 3.12. The highest BCUT2D eigenvalue weighted by atomic mass is 15.2. The Hall–Kier alpha value is -1.09. The van der Waals surface area contributed by atoms with Crippen LogP contribution >= 0.6 is 0 Å². The van der Waals surface area contributed by atoms with Crippen molar-refractivity contribution in [3.8, 4) is 0 Å². The minimum atomic E-state index is 0.0650. The van der Waals surface area contributed by atoms with Gasteiger partial charge in [0.15, 0.2) is 0 Å². The highest BCUT2D eigenvalue weighted by molar-refractivity contribution is 5.38. The molecule has 1 aromatic rings. The van der Waals surface area contributed by atoms with Crippen molar-refractivity contribution in [3.05, 3.63) is 23.9 Å². The van der Waals surface area contributed by atoms with E-state index < -0.39 is 0 Å². The van der Waals surface area contributed by atoms with E-state index in [2.05, 4.69) is 29.1 Å². The molecule has 0 amide bonds. The SMILES string of the molecule is CC(N)c1ccc(N(C)CC2CCCCC2)nc1. The van der Waals surface area contributed by atoms with Gasteiger partial charge in [-0.3, -0.25) is 0 Å². The molecule has 3 heteroatoms. The van der Waals surface area contributed by atoms with E-state index in [0.29, 0.717) is 0 Å². The zero-order chi connectivity index (χ0) is 13.0. The van der Waals surface area contributed by atoms with Crippen LogP contribution in [0.1, 0.15) is 50.6 Å². The van der Waals surface area contributed by atoms with Gasteiger partial charge in [0, 0.05) is 25.8 Å². The maximum atomic E-state index is 5.84. The van der Waals surface area contributed by atoms with Gasteiger partial charge in [0.2, 0.25) is 0 Å². The van der Waals surface area contributed by atoms with Crippen molar-refractivity contribution in [1.29, 1.82) is 0 Å². The Morgan fingerprint density at radius 3 is 2.61 bits per heavy atom. The average molecular weight is 247 g/mol. The molecule has 0 bridgehead atoms. The summed E-state index contributed by atoms with van der Waals surface area (Å²) in [6.07, 6.45) is 8.87. The lowest BCUT2D eigenvalue weighted by molar-refractivity contribution is 0.361. The second kappa shape index (κ2) is 6.19. The molecular formula is C15H25N3. The molecule has 100 valence electrons. The molecule has 0 aliphatic heterocycles. The van der Waals surface area contributed by atoms with Gasteiger partial charge in [0.1, 0.15) is 5.82 Å². The third kappa shape index (κ3) is 3.45. The van der Waals surface area contributed by atoms with Crippen molar-refractivity contribution >= 4 is 5.82 Å². The molecule has 1 fully saturated rings. The maximum Gasteiger partial charge on any atom is 0.128 e. The zero-order valence-corrected chi connectivity index (χ0v) is 11.6. The van der Waals surface area contributed by atoms with Crippen molar-refractivity contribution in [2.75, 3.05) is 18.5 Å². The van der Waals surface area contributed by atoms with Crippen LogP contribution in [0.25, 0.3) is 0 Å². The van der Waals surface area contributed by atoms with E-state index in [0.717, 1.165) is 23.8 Å². The highest BCUT2D eigenvalue weighted by Crippen LogP contribution is 2.25. The first-order chi connectivity index (χ1) is 8.66. The Balaban J connectivity index is 1.93. The fourth-order valence-corrected chi connectivity index (χ4v) is 2.74. The number of anilines is 1. The summed E-state index contributed by atoms with van der Waals surface area (Å²) in [5.41, 5.74) is 6.94. The van der Waals surface area contributed by atoms with Crippen LogP contribution in [-0.2, 0) is 0 Å². The molecule has 1 heterocycles. The highest BCUT2D eigenvalue weighted by Gasteiger charge is 2.16. The van der Waals surface area contributed by atoms with Gasteiger partial charge in [0.25, 0.3) is 0 Å². The van der Waals surface area contributed by atoms with E-state index in [4.69, 9.17) is 5.73 Å². The number of pyridine rings is 1. The third-order valence-corrected chi connectivity index (χ3v) is 3.94. The van der Waals surface area contributed by atoms with Crippen LogP contribution in [0.3, 0.4) is 0 Å². The van der Waals surface area contributed by atoms with Crippen molar-refractivity contribution in [2.45, 2.75) is 45.1 Å². The standard InChI is InChI=1S/C15H25N3/c1-12(16)14-8-9-15(17-10-14)18(2)11-13-6-4-3-5-7-13/h8-10,12-13H,3-7,11,16H2,1-2H3. The summed E-state index contributed by atoms with van der Waals surface area (Å²) in [5, 5.41) is 0. The van der Waals surface area contributed by atoms with Gasteiger partial charge < -0.3 is 10.6 Å². The normalized spacial score (nSPS) is 18.6. The van der Waals surface area contributed by atoms with E-state index in [1.54, 1.807) is 0 Å². The van der Waals surface area contributed by atoms with E-state index in [-0.39, 0.29) is 6.04 Å². The molecule has 1 aliphatic rings. The monoisotopic (exact) mass is 247 g/mol. The molecule has 3 nitrogen and oxygen atoms in total. The molecular weight excluding hydrogens is 222 g/mol. The molecule has 18 heavy (non-hydrogen) atoms. The molecule has 1 saturated carbocycles. The molecule has 2 N–H and O–H groups in total. The van der Waals surface area contributed by atoms with Gasteiger partial charge in [-0.15, -0.1) is 0 Å². The first-order valence-corrected chi connectivity index (χ1v) is 7.09. The molecule has 0 spiro atoms. The third-order valence-electron chi connectivity index (χ3n) is 3.94. The largest absolute Gasteiger partial charge is 0.359 e. The van der Waals surface area contributed by atoms with E-state index in [1.165, 1.54) is 32.1 Å². The lowest BCUT2D eigenvalue weighted by atomic mass is 9.89. The van der Waals surface area contributed by atoms with Gasteiger partial charge in [-0.1, -0.05) is 25.3 Å². The molecule has 0 aromatic carbocycles. The number of hydrogen-bond donors (Lipinski definition) is 1.